The molecule has 0 radical (unpaired) electrons. The molecule has 0 aromatic carbocycles. The molecular weight excluding hydrogens is 220 g/mol. The highest BCUT2D eigenvalue weighted by molar-refractivity contribution is 5.93. The molecule has 1 aliphatic rings. The lowest BCUT2D eigenvalue weighted by Crippen LogP contribution is -2.42. The van der Waals surface area contributed by atoms with Crippen molar-refractivity contribution < 1.29 is 15.0 Å². The van der Waals surface area contributed by atoms with E-state index in [1.54, 1.807) is 18.3 Å². The summed E-state index contributed by atoms with van der Waals surface area (Å²) in [7, 11) is 0. The summed E-state index contributed by atoms with van der Waals surface area (Å²) in [6, 6.07) is 3.18. The van der Waals surface area contributed by atoms with Gasteiger partial charge in [0.25, 0.3) is 0 Å². The van der Waals surface area contributed by atoms with Crippen LogP contribution in [0.1, 0.15) is 23.7 Å². The summed E-state index contributed by atoms with van der Waals surface area (Å²) in [5.74, 6) is -0.335. The number of aliphatic hydroxyl groups is 1. The molecule has 1 fully saturated rings. The summed E-state index contributed by atoms with van der Waals surface area (Å²) < 4.78 is 0. The van der Waals surface area contributed by atoms with Gasteiger partial charge in [-0.1, -0.05) is 6.92 Å². The summed E-state index contributed by atoms with van der Waals surface area (Å²) in [5.41, 5.74) is 0.219. The molecule has 1 saturated heterocycles. The smallest absolute Gasteiger partial charge is 0.339 e. The zero-order valence-corrected chi connectivity index (χ0v) is 9.71. The third-order valence-corrected chi connectivity index (χ3v) is 3.18. The summed E-state index contributed by atoms with van der Waals surface area (Å²) in [6.45, 7) is 3.24. The number of aromatic carboxylic acids is 1. The fraction of sp³-hybridized carbons (Fsp3) is 0.500. The minimum absolute atomic E-state index is 0.132. The van der Waals surface area contributed by atoms with Gasteiger partial charge < -0.3 is 15.1 Å². The van der Waals surface area contributed by atoms with E-state index in [0.29, 0.717) is 25.3 Å². The minimum atomic E-state index is -0.966. The molecule has 5 heteroatoms. The molecule has 0 aliphatic carbocycles. The number of pyridine rings is 1. The lowest BCUT2D eigenvalue weighted by atomic mass is 9.96. The van der Waals surface area contributed by atoms with E-state index in [1.807, 2.05) is 11.8 Å². The van der Waals surface area contributed by atoms with Gasteiger partial charge in [-0.05, 0) is 24.5 Å². The number of anilines is 1. The largest absolute Gasteiger partial charge is 0.478 e. The van der Waals surface area contributed by atoms with Gasteiger partial charge in [0.05, 0.1) is 6.10 Å². The van der Waals surface area contributed by atoms with Crippen molar-refractivity contribution in [3.63, 3.8) is 0 Å². The second-order valence-corrected chi connectivity index (χ2v) is 4.46. The van der Waals surface area contributed by atoms with Gasteiger partial charge in [0.1, 0.15) is 11.4 Å². The van der Waals surface area contributed by atoms with E-state index in [-0.39, 0.29) is 17.6 Å². The van der Waals surface area contributed by atoms with E-state index in [1.165, 1.54) is 0 Å². The molecule has 2 rings (SSSR count). The van der Waals surface area contributed by atoms with Crippen molar-refractivity contribution in [3.05, 3.63) is 23.9 Å². The van der Waals surface area contributed by atoms with Crippen LogP contribution in [0.3, 0.4) is 0 Å². The van der Waals surface area contributed by atoms with Gasteiger partial charge in [0.15, 0.2) is 0 Å². The molecule has 2 heterocycles. The number of aromatic nitrogens is 1. The predicted molar refractivity (Wildman–Crippen MR) is 63.2 cm³/mol. The molecule has 17 heavy (non-hydrogen) atoms. The van der Waals surface area contributed by atoms with Crippen molar-refractivity contribution in [2.45, 2.75) is 19.4 Å². The Bertz CT molecular complexity index is 422. The average Bonchev–Trinajstić information content (AvgIpc) is 2.32. The third-order valence-electron chi connectivity index (χ3n) is 3.18. The first-order chi connectivity index (χ1) is 8.09. The highest BCUT2D eigenvalue weighted by Gasteiger charge is 2.27. The fourth-order valence-electron chi connectivity index (χ4n) is 2.14. The van der Waals surface area contributed by atoms with E-state index in [4.69, 9.17) is 5.11 Å². The molecular formula is C12H16N2O3. The molecule has 5 nitrogen and oxygen atoms in total. The molecule has 2 atom stereocenters. The van der Waals surface area contributed by atoms with Crippen molar-refractivity contribution in [2.75, 3.05) is 18.0 Å². The maximum atomic E-state index is 11.1. The molecule has 1 aromatic rings. The molecule has 0 amide bonds. The Hall–Kier alpha value is -1.62. The van der Waals surface area contributed by atoms with Gasteiger partial charge in [-0.2, -0.15) is 0 Å². The maximum Gasteiger partial charge on any atom is 0.339 e. The number of aliphatic hydroxyl groups excluding tert-OH is 1. The number of hydrogen-bond acceptors (Lipinski definition) is 4. The van der Waals surface area contributed by atoms with E-state index in [0.717, 1.165) is 0 Å². The topological polar surface area (TPSA) is 73.7 Å². The lowest BCUT2D eigenvalue weighted by molar-refractivity contribution is 0.0696. The number of hydrogen-bond donors (Lipinski definition) is 2. The summed E-state index contributed by atoms with van der Waals surface area (Å²) in [4.78, 5) is 17.2. The molecule has 0 spiro atoms. The molecule has 0 bridgehead atoms. The predicted octanol–water partition coefficient (Wildman–Crippen LogP) is 0.987. The fourth-order valence-corrected chi connectivity index (χ4v) is 2.14. The normalized spacial score (nSPS) is 24.7. The number of piperidine rings is 1. The first-order valence-corrected chi connectivity index (χ1v) is 5.71. The third kappa shape index (κ3) is 2.39. The van der Waals surface area contributed by atoms with Crippen molar-refractivity contribution in [3.8, 4) is 0 Å². The van der Waals surface area contributed by atoms with Crippen LogP contribution < -0.4 is 4.90 Å². The van der Waals surface area contributed by atoms with Crippen LogP contribution in [0.4, 0.5) is 5.82 Å². The van der Waals surface area contributed by atoms with Gasteiger partial charge in [-0.25, -0.2) is 9.78 Å². The zero-order valence-electron chi connectivity index (χ0n) is 9.71. The monoisotopic (exact) mass is 236 g/mol. The average molecular weight is 236 g/mol. The van der Waals surface area contributed by atoms with Gasteiger partial charge in [-0.15, -0.1) is 0 Å². The van der Waals surface area contributed by atoms with Gasteiger partial charge in [-0.3, -0.25) is 0 Å². The maximum absolute atomic E-state index is 11.1. The summed E-state index contributed by atoms with van der Waals surface area (Å²) in [5, 5.41) is 18.8. The molecule has 0 saturated carbocycles. The minimum Gasteiger partial charge on any atom is -0.478 e. The van der Waals surface area contributed by atoms with Crippen molar-refractivity contribution in [1.82, 2.24) is 4.98 Å². The van der Waals surface area contributed by atoms with Crippen LogP contribution in [0.15, 0.2) is 18.3 Å². The van der Waals surface area contributed by atoms with Crippen molar-refractivity contribution in [2.24, 2.45) is 5.92 Å². The van der Waals surface area contributed by atoms with Crippen LogP contribution >= 0.6 is 0 Å². The van der Waals surface area contributed by atoms with Crippen LogP contribution in [0.25, 0.3) is 0 Å². The van der Waals surface area contributed by atoms with E-state index in [2.05, 4.69) is 4.98 Å². The Kier molecular flexibility index (Phi) is 3.28. The van der Waals surface area contributed by atoms with Gasteiger partial charge in [0, 0.05) is 19.3 Å². The molecule has 1 aromatic heterocycles. The zero-order chi connectivity index (χ0) is 12.4. The number of rotatable bonds is 2. The van der Waals surface area contributed by atoms with Crippen LogP contribution in [-0.2, 0) is 0 Å². The Morgan fingerprint density at radius 3 is 3.00 bits per heavy atom. The number of carboxylic acid groups (broad SMARTS) is 1. The molecule has 2 N–H and O–H groups in total. The number of carbonyl (C=O) groups is 1. The number of carboxylic acids is 1. The molecule has 0 unspecified atom stereocenters. The van der Waals surface area contributed by atoms with Crippen LogP contribution in [0, 0.1) is 5.92 Å². The molecule has 1 aliphatic heterocycles. The Morgan fingerprint density at radius 2 is 2.35 bits per heavy atom. The Labute approximate surface area is 99.7 Å². The lowest BCUT2D eigenvalue weighted by Gasteiger charge is -2.35. The van der Waals surface area contributed by atoms with Gasteiger partial charge in [0.2, 0.25) is 0 Å². The van der Waals surface area contributed by atoms with Crippen molar-refractivity contribution in [1.29, 1.82) is 0 Å². The van der Waals surface area contributed by atoms with Crippen molar-refractivity contribution >= 4 is 11.8 Å². The van der Waals surface area contributed by atoms with E-state index in [9.17, 15) is 9.90 Å². The summed E-state index contributed by atoms with van der Waals surface area (Å²) in [6.07, 6.45) is 1.94. The Morgan fingerprint density at radius 1 is 1.59 bits per heavy atom. The SMILES string of the molecule is C[C@H]1CN(c2ncccc2C(=O)O)CC[C@@H]1O. The molecule has 92 valence electrons. The van der Waals surface area contributed by atoms with Crippen LogP contribution in [0.2, 0.25) is 0 Å². The van der Waals surface area contributed by atoms with Crippen LogP contribution in [0.5, 0.6) is 0 Å². The number of nitrogens with zero attached hydrogens (tertiary/aromatic N) is 2. The van der Waals surface area contributed by atoms with E-state index >= 15 is 0 Å². The Balaban J connectivity index is 2.25. The summed E-state index contributed by atoms with van der Waals surface area (Å²) >= 11 is 0. The highest BCUT2D eigenvalue weighted by Crippen LogP contribution is 2.24. The highest BCUT2D eigenvalue weighted by atomic mass is 16.4. The first kappa shape index (κ1) is 11.9. The standard InChI is InChI=1S/C12H16N2O3/c1-8-7-14(6-4-10(8)15)11-9(12(16)17)3-2-5-13-11/h2-3,5,8,10,15H,4,6-7H2,1H3,(H,16,17)/t8-,10-/m0/s1. The second kappa shape index (κ2) is 4.71. The van der Waals surface area contributed by atoms with Crippen LogP contribution in [-0.4, -0.2) is 40.4 Å². The van der Waals surface area contributed by atoms with Gasteiger partial charge >= 0.3 is 5.97 Å². The quantitative estimate of drug-likeness (QED) is 0.801. The van der Waals surface area contributed by atoms with E-state index < -0.39 is 5.97 Å². The second-order valence-electron chi connectivity index (χ2n) is 4.46. The first-order valence-electron chi connectivity index (χ1n) is 5.71.